The van der Waals surface area contributed by atoms with E-state index in [0.717, 1.165) is 32.5 Å². The van der Waals surface area contributed by atoms with Gasteiger partial charge in [-0.05, 0) is 84.1 Å². The van der Waals surface area contributed by atoms with Crippen molar-refractivity contribution >= 4 is 6.41 Å². The molecule has 1 amide bonds. The number of amides is 1. The molecule has 146 valence electrons. The summed E-state index contributed by atoms with van der Waals surface area (Å²) in [6, 6.07) is 0. The second kappa shape index (κ2) is 17.9. The van der Waals surface area contributed by atoms with E-state index in [4.69, 9.17) is 0 Å². The molecule has 0 saturated heterocycles. The van der Waals surface area contributed by atoms with Gasteiger partial charge in [-0.3, -0.25) is 4.79 Å². The quantitative estimate of drug-likeness (QED) is 0.376. The number of hydrogen-bond acceptors (Lipinski definition) is 3. The molecule has 0 saturated carbocycles. The summed E-state index contributed by atoms with van der Waals surface area (Å²) in [6.07, 6.45) is 21.4. The maximum absolute atomic E-state index is 10.2. The highest BCUT2D eigenvalue weighted by atomic mass is 16.1. The predicted octanol–water partition coefficient (Wildman–Crippen LogP) is 3.88. The highest BCUT2D eigenvalue weighted by molar-refractivity contribution is 5.45. The highest BCUT2D eigenvalue weighted by Gasteiger charge is 2.04. The molecule has 4 nitrogen and oxygen atoms in total. The summed E-state index contributed by atoms with van der Waals surface area (Å²) in [5.41, 5.74) is 0. The Labute approximate surface area is 155 Å². The summed E-state index contributed by atoms with van der Waals surface area (Å²) in [5, 5.41) is 6.19. The van der Waals surface area contributed by atoms with E-state index in [1.807, 2.05) is 0 Å². The molecule has 1 rings (SSSR count). The van der Waals surface area contributed by atoms with Gasteiger partial charge in [0, 0.05) is 6.54 Å². The lowest BCUT2D eigenvalue weighted by Gasteiger charge is -2.22. The molecule has 1 aliphatic heterocycles. The molecule has 0 aromatic rings. The van der Waals surface area contributed by atoms with Gasteiger partial charge in [0.25, 0.3) is 0 Å². The minimum atomic E-state index is 0.775. The summed E-state index contributed by atoms with van der Waals surface area (Å²) in [4.78, 5) is 12.8. The highest BCUT2D eigenvalue weighted by Crippen LogP contribution is 2.10. The first kappa shape index (κ1) is 22.2. The number of rotatable bonds is 9. The topological polar surface area (TPSA) is 44.4 Å². The van der Waals surface area contributed by atoms with Gasteiger partial charge in [0.15, 0.2) is 0 Å². The minimum Gasteiger partial charge on any atom is -0.359 e. The van der Waals surface area contributed by atoms with Gasteiger partial charge in [-0.15, -0.1) is 0 Å². The lowest BCUT2D eigenvalue weighted by atomic mass is 10.1. The molecule has 0 fully saturated rings. The zero-order valence-electron chi connectivity index (χ0n) is 16.3. The Morgan fingerprint density at radius 2 is 1.36 bits per heavy atom. The zero-order valence-corrected chi connectivity index (χ0v) is 16.3. The predicted molar refractivity (Wildman–Crippen MR) is 108 cm³/mol. The summed E-state index contributed by atoms with van der Waals surface area (Å²) < 4.78 is 0. The lowest BCUT2D eigenvalue weighted by molar-refractivity contribution is -0.109. The van der Waals surface area contributed by atoms with Crippen LogP contribution in [-0.2, 0) is 4.79 Å². The van der Waals surface area contributed by atoms with Crippen LogP contribution < -0.4 is 10.6 Å². The van der Waals surface area contributed by atoms with Crippen molar-refractivity contribution in [2.75, 3.05) is 39.3 Å². The second-order valence-corrected chi connectivity index (χ2v) is 7.25. The van der Waals surface area contributed by atoms with Gasteiger partial charge in [-0.25, -0.2) is 0 Å². The fraction of sp³-hybridized carbons (Fsp3) is 0.857. The molecule has 0 aromatic heterocycles. The molecule has 0 bridgehead atoms. The van der Waals surface area contributed by atoms with Crippen LogP contribution in [0.4, 0.5) is 0 Å². The molecule has 0 aliphatic carbocycles. The third-order valence-electron chi connectivity index (χ3n) is 4.94. The van der Waals surface area contributed by atoms with Crippen LogP contribution in [0, 0.1) is 0 Å². The molecular weight excluding hydrogens is 310 g/mol. The van der Waals surface area contributed by atoms with Crippen LogP contribution in [0.5, 0.6) is 0 Å². The molecule has 2 N–H and O–H groups in total. The van der Waals surface area contributed by atoms with Gasteiger partial charge in [0.05, 0.1) is 0 Å². The van der Waals surface area contributed by atoms with E-state index in [-0.39, 0.29) is 0 Å². The van der Waals surface area contributed by atoms with Crippen LogP contribution in [0.1, 0.15) is 77.0 Å². The van der Waals surface area contributed by atoms with Gasteiger partial charge in [0.1, 0.15) is 0 Å². The van der Waals surface area contributed by atoms with Crippen molar-refractivity contribution in [1.82, 2.24) is 15.5 Å². The van der Waals surface area contributed by atoms with E-state index in [9.17, 15) is 4.79 Å². The van der Waals surface area contributed by atoms with E-state index < -0.39 is 0 Å². The molecule has 25 heavy (non-hydrogen) atoms. The Balaban J connectivity index is 2.13. The third kappa shape index (κ3) is 15.1. The molecular formula is C21H41N3O. The van der Waals surface area contributed by atoms with E-state index in [0.29, 0.717) is 0 Å². The van der Waals surface area contributed by atoms with E-state index in [2.05, 4.69) is 27.7 Å². The maximum Gasteiger partial charge on any atom is 0.207 e. The van der Waals surface area contributed by atoms with Crippen molar-refractivity contribution in [3.63, 3.8) is 0 Å². The fourth-order valence-electron chi connectivity index (χ4n) is 3.40. The average molecular weight is 352 g/mol. The number of nitrogens with one attached hydrogen (secondary N) is 2. The molecule has 4 heteroatoms. The van der Waals surface area contributed by atoms with Crippen LogP contribution >= 0.6 is 0 Å². The zero-order chi connectivity index (χ0) is 17.8. The summed E-state index contributed by atoms with van der Waals surface area (Å²) >= 11 is 0. The maximum atomic E-state index is 10.2. The summed E-state index contributed by atoms with van der Waals surface area (Å²) in [6.45, 7) is 6.61. The van der Waals surface area contributed by atoms with Crippen LogP contribution in [0.25, 0.3) is 0 Å². The van der Waals surface area contributed by atoms with Crippen LogP contribution in [-0.4, -0.2) is 50.6 Å². The van der Waals surface area contributed by atoms with Crippen LogP contribution in [0.2, 0.25) is 0 Å². The Morgan fingerprint density at radius 3 is 2.12 bits per heavy atom. The SMILES string of the molecule is O=CNCCCNCCCN1CCCC/C=C/CCCCCCCC1. The number of carbonyl (C=O) groups excluding carboxylic acids is 1. The first-order valence-electron chi connectivity index (χ1n) is 10.7. The van der Waals surface area contributed by atoms with Crippen molar-refractivity contribution in [2.24, 2.45) is 0 Å². The number of hydrogen-bond donors (Lipinski definition) is 2. The van der Waals surface area contributed by atoms with Gasteiger partial charge in [-0.1, -0.05) is 37.8 Å². The Morgan fingerprint density at radius 1 is 0.760 bits per heavy atom. The number of carbonyl (C=O) groups is 1. The molecule has 0 unspecified atom stereocenters. The monoisotopic (exact) mass is 351 g/mol. The normalized spacial score (nSPS) is 20.3. The minimum absolute atomic E-state index is 0.775. The largest absolute Gasteiger partial charge is 0.359 e. The van der Waals surface area contributed by atoms with Crippen LogP contribution in [0.3, 0.4) is 0 Å². The van der Waals surface area contributed by atoms with Gasteiger partial charge in [0.2, 0.25) is 6.41 Å². The smallest absolute Gasteiger partial charge is 0.207 e. The first-order valence-corrected chi connectivity index (χ1v) is 10.7. The molecule has 0 radical (unpaired) electrons. The summed E-state index contributed by atoms with van der Waals surface area (Å²) in [5.74, 6) is 0. The standard InChI is InChI=1S/C21H41N3O/c25-21-23-16-13-15-22-17-14-20-24-18-11-9-7-5-3-1-2-4-6-8-10-12-19-24/h3,5,21-22H,1-2,4,6-20H2,(H,23,25)/b5-3+. The lowest BCUT2D eigenvalue weighted by Crippen LogP contribution is -2.30. The van der Waals surface area contributed by atoms with Crippen molar-refractivity contribution in [2.45, 2.75) is 77.0 Å². The molecule has 0 spiro atoms. The number of nitrogens with zero attached hydrogens (tertiary/aromatic N) is 1. The Hall–Kier alpha value is -0.870. The van der Waals surface area contributed by atoms with Gasteiger partial charge in [-0.2, -0.15) is 0 Å². The average Bonchev–Trinajstić information content (AvgIpc) is 2.63. The van der Waals surface area contributed by atoms with Crippen LogP contribution in [0.15, 0.2) is 12.2 Å². The van der Waals surface area contributed by atoms with Gasteiger partial charge < -0.3 is 15.5 Å². The molecule has 0 aromatic carbocycles. The molecule has 1 heterocycles. The third-order valence-corrected chi connectivity index (χ3v) is 4.94. The van der Waals surface area contributed by atoms with Crippen molar-refractivity contribution in [3.8, 4) is 0 Å². The first-order chi connectivity index (χ1) is 12.4. The van der Waals surface area contributed by atoms with Crippen molar-refractivity contribution in [3.05, 3.63) is 12.2 Å². The van der Waals surface area contributed by atoms with Crippen molar-refractivity contribution in [1.29, 1.82) is 0 Å². The molecule has 0 atom stereocenters. The van der Waals surface area contributed by atoms with Gasteiger partial charge >= 0.3 is 0 Å². The fourth-order valence-corrected chi connectivity index (χ4v) is 3.40. The molecule has 1 aliphatic rings. The number of allylic oxidation sites excluding steroid dienone is 2. The van der Waals surface area contributed by atoms with E-state index >= 15 is 0 Å². The van der Waals surface area contributed by atoms with E-state index in [1.165, 1.54) is 90.3 Å². The second-order valence-electron chi connectivity index (χ2n) is 7.25. The van der Waals surface area contributed by atoms with E-state index in [1.54, 1.807) is 0 Å². The Kier molecular flexibility index (Phi) is 15.9. The van der Waals surface area contributed by atoms with Crippen molar-refractivity contribution < 1.29 is 4.79 Å². The Bertz CT molecular complexity index is 320. The summed E-state index contributed by atoms with van der Waals surface area (Å²) in [7, 11) is 0.